The zero-order valence-electron chi connectivity index (χ0n) is 11.8. The van der Waals surface area contributed by atoms with Gasteiger partial charge in [0.25, 0.3) is 0 Å². The van der Waals surface area contributed by atoms with Crippen LogP contribution in [0.3, 0.4) is 0 Å². The summed E-state index contributed by atoms with van der Waals surface area (Å²) in [4.78, 5) is 22.4. The van der Waals surface area contributed by atoms with Crippen molar-refractivity contribution in [2.24, 2.45) is 0 Å². The summed E-state index contributed by atoms with van der Waals surface area (Å²) in [5.41, 5.74) is 1.72. The Morgan fingerprint density at radius 1 is 1.00 bits per heavy atom. The third-order valence-electron chi connectivity index (χ3n) is 2.37. The lowest BCUT2D eigenvalue weighted by atomic mass is 10.1. The molecule has 112 valence electrons. The summed E-state index contributed by atoms with van der Waals surface area (Å²) in [5, 5.41) is 0. The van der Waals surface area contributed by atoms with Gasteiger partial charge in [-0.15, -0.1) is 11.6 Å². The number of carbonyl (C=O) groups is 2. The van der Waals surface area contributed by atoms with Crippen LogP contribution in [0.1, 0.15) is 18.1 Å². The molecule has 0 amide bonds. The second kappa shape index (κ2) is 9.77. The lowest BCUT2D eigenvalue weighted by molar-refractivity contribution is -0.138. The van der Waals surface area contributed by atoms with E-state index in [2.05, 4.69) is 0 Å². The van der Waals surface area contributed by atoms with E-state index >= 15 is 0 Å². The van der Waals surface area contributed by atoms with Crippen LogP contribution in [0.25, 0.3) is 12.2 Å². The quantitative estimate of drug-likeness (QED) is 0.441. The molecule has 0 radical (unpaired) electrons. The van der Waals surface area contributed by atoms with Crippen molar-refractivity contribution >= 4 is 35.7 Å². The van der Waals surface area contributed by atoms with Crippen molar-refractivity contribution in [1.29, 1.82) is 0 Å². The van der Waals surface area contributed by atoms with Crippen LogP contribution in [0.5, 0.6) is 0 Å². The normalized spacial score (nSPS) is 11.0. The molecule has 0 unspecified atom stereocenters. The van der Waals surface area contributed by atoms with E-state index in [1.165, 1.54) is 12.2 Å². The van der Waals surface area contributed by atoms with Crippen molar-refractivity contribution in [1.82, 2.24) is 0 Å². The van der Waals surface area contributed by atoms with Crippen molar-refractivity contribution in [3.05, 3.63) is 47.5 Å². The van der Waals surface area contributed by atoms with Crippen LogP contribution >= 0.6 is 11.6 Å². The standard InChI is InChI=1S/C16H17ClO4/c1-2-20-15(18)9-7-13-3-5-14(6-4-13)8-10-16(19)21-12-11-17/h3-10H,2,11-12H2,1H3/b9-7+,10-8+. The molecule has 0 saturated carbocycles. The summed E-state index contributed by atoms with van der Waals surface area (Å²) in [6, 6.07) is 7.32. The Morgan fingerprint density at radius 3 is 1.90 bits per heavy atom. The molecule has 0 aromatic heterocycles. The van der Waals surface area contributed by atoms with Gasteiger partial charge in [-0.2, -0.15) is 0 Å². The minimum atomic E-state index is -0.429. The summed E-state index contributed by atoms with van der Waals surface area (Å²) in [6.45, 7) is 2.31. The Balaban J connectivity index is 2.56. The Hall–Kier alpha value is -2.07. The van der Waals surface area contributed by atoms with E-state index in [1.54, 1.807) is 19.1 Å². The Labute approximate surface area is 129 Å². The van der Waals surface area contributed by atoms with Crippen molar-refractivity contribution in [2.45, 2.75) is 6.92 Å². The highest BCUT2D eigenvalue weighted by molar-refractivity contribution is 6.18. The highest BCUT2D eigenvalue weighted by Crippen LogP contribution is 2.08. The van der Waals surface area contributed by atoms with Gasteiger partial charge in [0.15, 0.2) is 0 Å². The monoisotopic (exact) mass is 308 g/mol. The summed E-state index contributed by atoms with van der Waals surface area (Å²) in [7, 11) is 0. The predicted octanol–water partition coefficient (Wildman–Crippen LogP) is 3.06. The van der Waals surface area contributed by atoms with Crippen LogP contribution < -0.4 is 0 Å². The summed E-state index contributed by atoms with van der Waals surface area (Å²) in [6.07, 6.45) is 6.03. The molecular formula is C16H17ClO4. The molecule has 0 spiro atoms. The zero-order chi connectivity index (χ0) is 15.5. The molecule has 0 saturated heterocycles. The van der Waals surface area contributed by atoms with Crippen molar-refractivity contribution < 1.29 is 19.1 Å². The molecular weight excluding hydrogens is 292 g/mol. The second-order valence-corrected chi connectivity index (χ2v) is 4.32. The number of carbonyl (C=O) groups excluding carboxylic acids is 2. The summed E-state index contributed by atoms with van der Waals surface area (Å²) < 4.78 is 9.59. The molecule has 0 bridgehead atoms. The number of hydrogen-bond donors (Lipinski definition) is 0. The molecule has 1 aromatic carbocycles. The Bertz CT molecular complexity index is 518. The molecule has 0 aliphatic rings. The highest BCUT2D eigenvalue weighted by Gasteiger charge is 1.96. The first kappa shape index (κ1) is 17.0. The van der Waals surface area contributed by atoms with Crippen molar-refractivity contribution in [3.63, 3.8) is 0 Å². The minimum absolute atomic E-state index is 0.197. The number of hydrogen-bond acceptors (Lipinski definition) is 4. The average molecular weight is 309 g/mol. The predicted molar refractivity (Wildman–Crippen MR) is 82.8 cm³/mol. The van der Waals surface area contributed by atoms with Crippen molar-refractivity contribution in [2.75, 3.05) is 19.1 Å². The number of benzene rings is 1. The number of ether oxygens (including phenoxy) is 2. The molecule has 5 heteroatoms. The van der Waals surface area contributed by atoms with E-state index in [0.717, 1.165) is 11.1 Å². The molecule has 4 nitrogen and oxygen atoms in total. The third-order valence-corrected chi connectivity index (χ3v) is 2.52. The fraction of sp³-hybridized carbons (Fsp3) is 0.250. The van der Waals surface area contributed by atoms with Gasteiger partial charge < -0.3 is 9.47 Å². The van der Waals surface area contributed by atoms with Gasteiger partial charge in [-0.25, -0.2) is 9.59 Å². The molecule has 1 aromatic rings. The largest absolute Gasteiger partial charge is 0.463 e. The summed E-state index contributed by atoms with van der Waals surface area (Å²) in [5.74, 6) is -0.522. The van der Waals surface area contributed by atoms with E-state index in [1.807, 2.05) is 24.3 Å². The van der Waals surface area contributed by atoms with Crippen LogP contribution in [-0.4, -0.2) is 31.0 Å². The van der Waals surface area contributed by atoms with Gasteiger partial charge in [0, 0.05) is 12.2 Å². The molecule has 0 fully saturated rings. The fourth-order valence-corrected chi connectivity index (χ4v) is 1.50. The van der Waals surface area contributed by atoms with Crippen LogP contribution in [0.4, 0.5) is 0 Å². The number of rotatable bonds is 7. The van der Waals surface area contributed by atoms with Crippen LogP contribution in [0.2, 0.25) is 0 Å². The first-order chi connectivity index (χ1) is 10.2. The number of esters is 2. The molecule has 1 rings (SSSR count). The van der Waals surface area contributed by atoms with E-state index in [-0.39, 0.29) is 18.5 Å². The topological polar surface area (TPSA) is 52.6 Å². The molecule has 0 heterocycles. The maximum absolute atomic E-state index is 11.3. The van der Waals surface area contributed by atoms with Gasteiger partial charge in [0.2, 0.25) is 0 Å². The van der Waals surface area contributed by atoms with Crippen LogP contribution in [-0.2, 0) is 19.1 Å². The van der Waals surface area contributed by atoms with E-state index in [9.17, 15) is 9.59 Å². The van der Waals surface area contributed by atoms with Gasteiger partial charge >= 0.3 is 11.9 Å². The molecule has 0 aliphatic heterocycles. The lowest BCUT2D eigenvalue weighted by Crippen LogP contribution is -2.02. The number of halogens is 1. The molecule has 0 N–H and O–H groups in total. The molecule has 21 heavy (non-hydrogen) atoms. The third kappa shape index (κ3) is 7.32. The fourth-order valence-electron chi connectivity index (χ4n) is 1.42. The van der Waals surface area contributed by atoms with E-state index in [4.69, 9.17) is 21.1 Å². The Morgan fingerprint density at radius 2 is 1.48 bits per heavy atom. The van der Waals surface area contributed by atoms with Gasteiger partial charge in [0.05, 0.1) is 12.5 Å². The van der Waals surface area contributed by atoms with Crippen LogP contribution in [0.15, 0.2) is 36.4 Å². The van der Waals surface area contributed by atoms with Gasteiger partial charge in [-0.05, 0) is 30.2 Å². The maximum Gasteiger partial charge on any atom is 0.330 e. The first-order valence-electron chi connectivity index (χ1n) is 6.51. The SMILES string of the molecule is CCOC(=O)/C=C/c1ccc(/C=C/C(=O)OCCCl)cc1. The lowest BCUT2D eigenvalue weighted by Gasteiger charge is -1.98. The maximum atomic E-state index is 11.3. The molecule has 0 atom stereocenters. The average Bonchev–Trinajstić information content (AvgIpc) is 2.50. The first-order valence-corrected chi connectivity index (χ1v) is 7.05. The van der Waals surface area contributed by atoms with Crippen LogP contribution in [0, 0.1) is 0 Å². The zero-order valence-corrected chi connectivity index (χ0v) is 12.5. The van der Waals surface area contributed by atoms with Crippen molar-refractivity contribution in [3.8, 4) is 0 Å². The van der Waals surface area contributed by atoms with E-state index < -0.39 is 5.97 Å². The van der Waals surface area contributed by atoms with Gasteiger partial charge in [-0.3, -0.25) is 0 Å². The second-order valence-electron chi connectivity index (χ2n) is 3.94. The minimum Gasteiger partial charge on any atom is -0.463 e. The number of alkyl halides is 1. The smallest absolute Gasteiger partial charge is 0.330 e. The molecule has 0 aliphatic carbocycles. The Kier molecular flexibility index (Phi) is 7.90. The summed E-state index contributed by atoms with van der Waals surface area (Å²) >= 11 is 5.41. The van der Waals surface area contributed by atoms with Gasteiger partial charge in [-0.1, -0.05) is 24.3 Å². The van der Waals surface area contributed by atoms with E-state index in [0.29, 0.717) is 6.61 Å². The highest BCUT2D eigenvalue weighted by atomic mass is 35.5. The van der Waals surface area contributed by atoms with Gasteiger partial charge in [0.1, 0.15) is 6.61 Å².